The summed E-state index contributed by atoms with van der Waals surface area (Å²) in [4.78, 5) is 4.27. The minimum atomic E-state index is 0.328. The molecule has 1 atom stereocenters. The van der Waals surface area contributed by atoms with Crippen molar-refractivity contribution >= 4 is 10.8 Å². The number of nitrogens with one attached hydrogen (secondary N) is 1. The third kappa shape index (κ3) is 3.78. The highest BCUT2D eigenvalue weighted by Gasteiger charge is 2.13. The monoisotopic (exact) mass is 272 g/mol. The summed E-state index contributed by atoms with van der Waals surface area (Å²) in [5.41, 5.74) is 1.32. The van der Waals surface area contributed by atoms with Crippen molar-refractivity contribution in [3.63, 3.8) is 0 Å². The van der Waals surface area contributed by atoms with Crippen LogP contribution in [0.25, 0.3) is 10.8 Å². The quantitative estimate of drug-likeness (QED) is 0.744. The van der Waals surface area contributed by atoms with E-state index in [2.05, 4.69) is 41.5 Å². The van der Waals surface area contributed by atoms with Gasteiger partial charge in [0.15, 0.2) is 0 Å². The number of fused-ring (bicyclic) bond motifs is 1. The van der Waals surface area contributed by atoms with Crippen LogP contribution in [-0.2, 0) is 4.74 Å². The number of hydrogen-bond donors (Lipinski definition) is 1. The Morgan fingerprint density at radius 1 is 1.25 bits per heavy atom. The van der Waals surface area contributed by atoms with Gasteiger partial charge in [0.25, 0.3) is 0 Å². The van der Waals surface area contributed by atoms with Gasteiger partial charge in [0, 0.05) is 37.0 Å². The molecule has 1 aromatic heterocycles. The van der Waals surface area contributed by atoms with E-state index >= 15 is 0 Å². The molecule has 2 rings (SSSR count). The fourth-order valence-electron chi connectivity index (χ4n) is 2.47. The van der Waals surface area contributed by atoms with Crippen molar-refractivity contribution in [2.24, 2.45) is 0 Å². The van der Waals surface area contributed by atoms with Crippen molar-refractivity contribution in [2.45, 2.75) is 32.7 Å². The van der Waals surface area contributed by atoms with E-state index in [0.717, 1.165) is 32.6 Å². The molecule has 0 saturated heterocycles. The summed E-state index contributed by atoms with van der Waals surface area (Å²) in [5.74, 6) is 0. The maximum Gasteiger partial charge on any atom is 0.0484 e. The Balaban J connectivity index is 2.24. The van der Waals surface area contributed by atoms with E-state index in [4.69, 9.17) is 4.74 Å². The van der Waals surface area contributed by atoms with Gasteiger partial charge in [-0.1, -0.05) is 25.1 Å². The number of ether oxygens (including phenoxy) is 1. The van der Waals surface area contributed by atoms with E-state index in [-0.39, 0.29) is 0 Å². The van der Waals surface area contributed by atoms with Crippen molar-refractivity contribution in [1.29, 1.82) is 0 Å². The van der Waals surface area contributed by atoms with Gasteiger partial charge in [0.05, 0.1) is 0 Å². The SMILES string of the molecule is CCCNC(CCOCC)c1cccc2ccncc12. The molecule has 0 spiro atoms. The van der Waals surface area contributed by atoms with Gasteiger partial charge in [-0.3, -0.25) is 4.98 Å². The van der Waals surface area contributed by atoms with Gasteiger partial charge < -0.3 is 10.1 Å². The van der Waals surface area contributed by atoms with E-state index in [1.807, 2.05) is 19.3 Å². The molecule has 0 radical (unpaired) electrons. The highest BCUT2D eigenvalue weighted by atomic mass is 16.5. The Bertz CT molecular complexity index is 522. The zero-order valence-corrected chi connectivity index (χ0v) is 12.4. The first kappa shape index (κ1) is 14.9. The number of hydrogen-bond acceptors (Lipinski definition) is 3. The Kier molecular flexibility index (Phi) is 5.96. The number of benzene rings is 1. The third-order valence-corrected chi connectivity index (χ3v) is 3.49. The molecule has 1 heterocycles. The molecular formula is C17H24N2O. The van der Waals surface area contributed by atoms with E-state index in [0.29, 0.717) is 6.04 Å². The van der Waals surface area contributed by atoms with Crippen LogP contribution >= 0.6 is 0 Å². The molecule has 0 fully saturated rings. The molecule has 0 aliphatic carbocycles. The summed E-state index contributed by atoms with van der Waals surface area (Å²) in [6, 6.07) is 8.86. The normalized spacial score (nSPS) is 12.7. The van der Waals surface area contributed by atoms with Crippen LogP contribution in [0.3, 0.4) is 0 Å². The topological polar surface area (TPSA) is 34.1 Å². The Morgan fingerprint density at radius 3 is 2.95 bits per heavy atom. The van der Waals surface area contributed by atoms with Crippen molar-refractivity contribution in [3.8, 4) is 0 Å². The summed E-state index contributed by atoms with van der Waals surface area (Å²) < 4.78 is 5.52. The molecule has 1 N–H and O–H groups in total. The van der Waals surface area contributed by atoms with Crippen molar-refractivity contribution < 1.29 is 4.74 Å². The van der Waals surface area contributed by atoms with E-state index in [1.54, 1.807) is 0 Å². The molecular weight excluding hydrogens is 248 g/mol. The van der Waals surface area contributed by atoms with Crippen molar-refractivity contribution in [3.05, 3.63) is 42.2 Å². The van der Waals surface area contributed by atoms with Crippen LogP contribution in [-0.4, -0.2) is 24.7 Å². The van der Waals surface area contributed by atoms with Gasteiger partial charge in [0.2, 0.25) is 0 Å². The van der Waals surface area contributed by atoms with Gasteiger partial charge in [-0.25, -0.2) is 0 Å². The summed E-state index contributed by atoms with van der Waals surface area (Å²) >= 11 is 0. The van der Waals surface area contributed by atoms with E-state index in [9.17, 15) is 0 Å². The standard InChI is InChI=1S/C17H24N2O/c1-3-10-19-17(9-12-20-4-2)15-7-5-6-14-8-11-18-13-16(14)15/h5-8,11,13,17,19H,3-4,9-10,12H2,1-2H3. The summed E-state index contributed by atoms with van der Waals surface area (Å²) in [5, 5.41) is 6.11. The smallest absolute Gasteiger partial charge is 0.0484 e. The molecule has 0 amide bonds. The minimum absolute atomic E-state index is 0.328. The first-order valence-electron chi connectivity index (χ1n) is 7.50. The zero-order valence-electron chi connectivity index (χ0n) is 12.4. The van der Waals surface area contributed by atoms with Gasteiger partial charge >= 0.3 is 0 Å². The molecule has 108 valence electrons. The van der Waals surface area contributed by atoms with Gasteiger partial charge in [-0.05, 0) is 43.3 Å². The molecule has 0 aliphatic rings. The fraction of sp³-hybridized carbons (Fsp3) is 0.471. The lowest BCUT2D eigenvalue weighted by Gasteiger charge is -2.20. The second-order valence-electron chi connectivity index (χ2n) is 4.94. The van der Waals surface area contributed by atoms with Crippen LogP contribution in [0.1, 0.15) is 38.3 Å². The second kappa shape index (κ2) is 7.98. The summed E-state index contributed by atoms with van der Waals surface area (Å²) in [6.07, 6.45) is 5.93. The maximum atomic E-state index is 5.52. The largest absolute Gasteiger partial charge is 0.382 e. The van der Waals surface area contributed by atoms with Crippen LogP contribution in [0.2, 0.25) is 0 Å². The number of aromatic nitrogens is 1. The predicted molar refractivity (Wildman–Crippen MR) is 83.9 cm³/mol. The maximum absolute atomic E-state index is 5.52. The van der Waals surface area contributed by atoms with E-state index < -0.39 is 0 Å². The molecule has 0 aliphatic heterocycles. The number of rotatable bonds is 8. The van der Waals surface area contributed by atoms with E-state index in [1.165, 1.54) is 16.3 Å². The fourth-order valence-corrected chi connectivity index (χ4v) is 2.47. The van der Waals surface area contributed by atoms with Crippen LogP contribution in [0.15, 0.2) is 36.7 Å². The van der Waals surface area contributed by atoms with Crippen LogP contribution in [0, 0.1) is 0 Å². The first-order valence-corrected chi connectivity index (χ1v) is 7.50. The Labute approximate surface area is 121 Å². The Hall–Kier alpha value is -1.45. The second-order valence-corrected chi connectivity index (χ2v) is 4.94. The average Bonchev–Trinajstić information content (AvgIpc) is 2.50. The summed E-state index contributed by atoms with van der Waals surface area (Å²) in [7, 11) is 0. The lowest BCUT2D eigenvalue weighted by molar-refractivity contribution is 0.136. The molecule has 3 nitrogen and oxygen atoms in total. The van der Waals surface area contributed by atoms with Crippen molar-refractivity contribution in [1.82, 2.24) is 10.3 Å². The Morgan fingerprint density at radius 2 is 2.15 bits per heavy atom. The third-order valence-electron chi connectivity index (χ3n) is 3.49. The minimum Gasteiger partial charge on any atom is -0.382 e. The van der Waals surface area contributed by atoms with Crippen LogP contribution < -0.4 is 5.32 Å². The van der Waals surface area contributed by atoms with Gasteiger partial charge in [-0.15, -0.1) is 0 Å². The van der Waals surface area contributed by atoms with Gasteiger partial charge in [0.1, 0.15) is 0 Å². The molecule has 1 unspecified atom stereocenters. The molecule has 0 bridgehead atoms. The zero-order chi connectivity index (χ0) is 14.2. The lowest BCUT2D eigenvalue weighted by atomic mass is 9.98. The van der Waals surface area contributed by atoms with Crippen LogP contribution in [0.4, 0.5) is 0 Å². The average molecular weight is 272 g/mol. The lowest BCUT2D eigenvalue weighted by Crippen LogP contribution is -2.23. The number of pyridine rings is 1. The highest BCUT2D eigenvalue weighted by Crippen LogP contribution is 2.25. The molecule has 2 aromatic rings. The highest BCUT2D eigenvalue weighted by molar-refractivity contribution is 5.85. The summed E-state index contributed by atoms with van der Waals surface area (Å²) in [6.45, 7) is 6.81. The van der Waals surface area contributed by atoms with Crippen LogP contribution in [0.5, 0.6) is 0 Å². The van der Waals surface area contributed by atoms with Crippen molar-refractivity contribution in [2.75, 3.05) is 19.8 Å². The molecule has 1 aromatic carbocycles. The molecule has 20 heavy (non-hydrogen) atoms. The van der Waals surface area contributed by atoms with Gasteiger partial charge in [-0.2, -0.15) is 0 Å². The first-order chi connectivity index (χ1) is 9.86. The predicted octanol–water partition coefficient (Wildman–Crippen LogP) is 3.70. The molecule has 0 saturated carbocycles. The number of nitrogens with zero attached hydrogens (tertiary/aromatic N) is 1. The molecule has 3 heteroatoms.